The lowest BCUT2D eigenvalue weighted by atomic mass is 10.1. The van der Waals surface area contributed by atoms with Crippen molar-refractivity contribution in [3.8, 4) is 28.9 Å². The van der Waals surface area contributed by atoms with E-state index in [1.807, 2.05) is 6.07 Å². The Kier molecular flexibility index (Phi) is 3.16. The lowest BCUT2D eigenvalue weighted by Gasteiger charge is -1.99. The van der Waals surface area contributed by atoms with Crippen LogP contribution in [0, 0.1) is 24.1 Å². The summed E-state index contributed by atoms with van der Waals surface area (Å²) in [7, 11) is 0. The molecule has 0 atom stereocenters. The highest BCUT2D eigenvalue weighted by molar-refractivity contribution is 5.63. The highest BCUT2D eigenvalue weighted by Gasteiger charge is 2.13. The van der Waals surface area contributed by atoms with Crippen LogP contribution in [0.5, 0.6) is 0 Å². The Labute approximate surface area is 119 Å². The third-order valence-corrected chi connectivity index (χ3v) is 2.98. The van der Waals surface area contributed by atoms with Gasteiger partial charge in [0.15, 0.2) is 0 Å². The van der Waals surface area contributed by atoms with Gasteiger partial charge in [-0.3, -0.25) is 0 Å². The normalized spacial score (nSPS) is 10.3. The number of nitrogens with zero attached hydrogens (tertiary/aromatic N) is 4. The summed E-state index contributed by atoms with van der Waals surface area (Å²) < 4.78 is 18.3. The molecule has 0 spiro atoms. The molecule has 5 nitrogen and oxygen atoms in total. The van der Waals surface area contributed by atoms with Gasteiger partial charge in [-0.15, -0.1) is 0 Å². The lowest BCUT2D eigenvalue weighted by Crippen LogP contribution is -1.88. The Bertz CT molecular complexity index is 851. The summed E-state index contributed by atoms with van der Waals surface area (Å²) in [4.78, 5) is 8.16. The standard InChI is InChI=1S/C15H9FN4O/c1-9-6-11(16)2-3-13(9)14-19-15(21-20-14)10-4-5-18-12(7-10)8-17/h2-7H,1H3. The molecule has 6 heteroatoms. The van der Waals surface area contributed by atoms with Crippen molar-refractivity contribution < 1.29 is 8.91 Å². The maximum Gasteiger partial charge on any atom is 0.258 e. The second-order valence-corrected chi connectivity index (χ2v) is 4.42. The fourth-order valence-electron chi connectivity index (χ4n) is 1.95. The van der Waals surface area contributed by atoms with Gasteiger partial charge in [-0.25, -0.2) is 9.37 Å². The second-order valence-electron chi connectivity index (χ2n) is 4.42. The molecule has 3 aromatic rings. The van der Waals surface area contributed by atoms with E-state index in [4.69, 9.17) is 9.78 Å². The zero-order chi connectivity index (χ0) is 14.8. The van der Waals surface area contributed by atoms with Gasteiger partial charge < -0.3 is 4.52 Å². The van der Waals surface area contributed by atoms with Gasteiger partial charge in [0.05, 0.1) is 0 Å². The van der Waals surface area contributed by atoms with Gasteiger partial charge in [-0.2, -0.15) is 10.2 Å². The van der Waals surface area contributed by atoms with Crippen LogP contribution < -0.4 is 0 Å². The van der Waals surface area contributed by atoms with E-state index < -0.39 is 0 Å². The molecule has 1 aromatic carbocycles. The molecule has 0 amide bonds. The highest BCUT2D eigenvalue weighted by Crippen LogP contribution is 2.25. The summed E-state index contributed by atoms with van der Waals surface area (Å²) in [5.74, 6) is 0.346. The van der Waals surface area contributed by atoms with E-state index in [0.29, 0.717) is 17.0 Å². The third kappa shape index (κ3) is 2.49. The molecule has 0 aliphatic heterocycles. The number of benzene rings is 1. The van der Waals surface area contributed by atoms with Gasteiger partial charge in [0.25, 0.3) is 5.89 Å². The minimum Gasteiger partial charge on any atom is -0.334 e. The molecule has 0 unspecified atom stereocenters. The number of halogens is 1. The topological polar surface area (TPSA) is 75.6 Å². The highest BCUT2D eigenvalue weighted by atomic mass is 19.1. The maximum atomic E-state index is 13.1. The summed E-state index contributed by atoms with van der Waals surface area (Å²) in [6, 6.07) is 9.55. The smallest absolute Gasteiger partial charge is 0.258 e. The van der Waals surface area contributed by atoms with Crippen LogP contribution in [0.15, 0.2) is 41.1 Å². The Balaban J connectivity index is 2.02. The van der Waals surface area contributed by atoms with Crippen LogP contribution >= 0.6 is 0 Å². The first-order valence-corrected chi connectivity index (χ1v) is 6.14. The molecule has 0 radical (unpaired) electrons. The predicted molar refractivity (Wildman–Crippen MR) is 72.4 cm³/mol. The summed E-state index contributed by atoms with van der Waals surface area (Å²) in [6.07, 6.45) is 1.50. The maximum absolute atomic E-state index is 13.1. The molecular formula is C15H9FN4O. The molecular weight excluding hydrogens is 271 g/mol. The first kappa shape index (κ1) is 12.9. The van der Waals surface area contributed by atoms with Gasteiger partial charge in [0.2, 0.25) is 5.82 Å². The molecule has 0 saturated carbocycles. The van der Waals surface area contributed by atoms with E-state index in [-0.39, 0.29) is 17.4 Å². The number of pyridine rings is 1. The zero-order valence-electron chi connectivity index (χ0n) is 11.0. The van der Waals surface area contributed by atoms with Crippen molar-refractivity contribution in [2.75, 3.05) is 0 Å². The first-order valence-electron chi connectivity index (χ1n) is 6.14. The van der Waals surface area contributed by atoms with Crippen LogP contribution in [0.25, 0.3) is 22.8 Å². The van der Waals surface area contributed by atoms with Crippen LogP contribution in [0.1, 0.15) is 11.3 Å². The quantitative estimate of drug-likeness (QED) is 0.720. The average Bonchev–Trinajstić information content (AvgIpc) is 2.97. The number of hydrogen-bond donors (Lipinski definition) is 0. The molecule has 3 rings (SSSR count). The van der Waals surface area contributed by atoms with Crippen molar-refractivity contribution in [2.24, 2.45) is 0 Å². The van der Waals surface area contributed by atoms with Gasteiger partial charge in [0, 0.05) is 17.3 Å². The van der Waals surface area contributed by atoms with Gasteiger partial charge in [0.1, 0.15) is 17.6 Å². The van der Waals surface area contributed by atoms with E-state index in [1.165, 1.54) is 18.3 Å². The molecule has 2 heterocycles. The van der Waals surface area contributed by atoms with Crippen molar-refractivity contribution in [3.63, 3.8) is 0 Å². The van der Waals surface area contributed by atoms with E-state index in [0.717, 1.165) is 5.56 Å². The zero-order valence-corrected chi connectivity index (χ0v) is 11.0. The minimum absolute atomic E-state index is 0.269. The number of aryl methyl sites for hydroxylation is 1. The Morgan fingerprint density at radius 1 is 1.24 bits per heavy atom. The number of aromatic nitrogens is 3. The monoisotopic (exact) mass is 280 g/mol. The lowest BCUT2D eigenvalue weighted by molar-refractivity contribution is 0.432. The van der Waals surface area contributed by atoms with Crippen molar-refractivity contribution in [1.82, 2.24) is 15.1 Å². The van der Waals surface area contributed by atoms with Crippen LogP contribution in [-0.2, 0) is 0 Å². The van der Waals surface area contributed by atoms with Crippen molar-refractivity contribution in [3.05, 3.63) is 53.6 Å². The molecule has 0 fully saturated rings. The SMILES string of the molecule is Cc1cc(F)ccc1-c1noc(-c2ccnc(C#N)c2)n1. The predicted octanol–water partition coefficient (Wildman–Crippen LogP) is 3.12. The Morgan fingerprint density at radius 2 is 2.10 bits per heavy atom. The number of nitriles is 1. The first-order chi connectivity index (χ1) is 10.2. The summed E-state index contributed by atoms with van der Waals surface area (Å²) >= 11 is 0. The van der Waals surface area contributed by atoms with Gasteiger partial charge in [-0.05, 0) is 42.8 Å². The van der Waals surface area contributed by atoms with Crippen LogP contribution in [0.3, 0.4) is 0 Å². The van der Waals surface area contributed by atoms with E-state index in [1.54, 1.807) is 25.1 Å². The number of hydrogen-bond acceptors (Lipinski definition) is 5. The van der Waals surface area contributed by atoms with Crippen molar-refractivity contribution >= 4 is 0 Å². The largest absolute Gasteiger partial charge is 0.334 e. The van der Waals surface area contributed by atoms with Gasteiger partial charge >= 0.3 is 0 Å². The molecule has 102 valence electrons. The molecule has 0 aliphatic carbocycles. The van der Waals surface area contributed by atoms with Crippen molar-refractivity contribution in [2.45, 2.75) is 6.92 Å². The van der Waals surface area contributed by atoms with Crippen LogP contribution in [0.4, 0.5) is 4.39 Å². The fourth-order valence-corrected chi connectivity index (χ4v) is 1.95. The molecule has 0 aliphatic rings. The molecule has 0 N–H and O–H groups in total. The number of rotatable bonds is 2. The summed E-state index contributed by atoms with van der Waals surface area (Å²) in [5, 5.41) is 12.7. The van der Waals surface area contributed by atoms with E-state index in [2.05, 4.69) is 15.1 Å². The Hall–Kier alpha value is -3.07. The summed E-state index contributed by atoms with van der Waals surface area (Å²) in [5.41, 5.74) is 2.29. The van der Waals surface area contributed by atoms with Crippen molar-refractivity contribution in [1.29, 1.82) is 5.26 Å². The molecule has 21 heavy (non-hydrogen) atoms. The molecule has 2 aromatic heterocycles. The Morgan fingerprint density at radius 3 is 2.86 bits per heavy atom. The minimum atomic E-state index is -0.312. The average molecular weight is 280 g/mol. The third-order valence-electron chi connectivity index (χ3n) is 2.98. The second kappa shape index (κ2) is 5.13. The summed E-state index contributed by atoms with van der Waals surface area (Å²) in [6.45, 7) is 1.77. The fraction of sp³-hybridized carbons (Fsp3) is 0.0667. The van der Waals surface area contributed by atoms with E-state index in [9.17, 15) is 4.39 Å². The van der Waals surface area contributed by atoms with Crippen LogP contribution in [0.2, 0.25) is 0 Å². The molecule has 0 saturated heterocycles. The molecule has 0 bridgehead atoms. The van der Waals surface area contributed by atoms with E-state index >= 15 is 0 Å². The van der Waals surface area contributed by atoms with Gasteiger partial charge in [-0.1, -0.05) is 5.16 Å². The van der Waals surface area contributed by atoms with Crippen LogP contribution in [-0.4, -0.2) is 15.1 Å².